The zero-order chi connectivity index (χ0) is 15.5. The fourth-order valence-electron chi connectivity index (χ4n) is 2.03. The van der Waals surface area contributed by atoms with Crippen molar-refractivity contribution in [1.82, 2.24) is 5.32 Å². The number of hydrogen-bond donors (Lipinski definition) is 2. The zero-order valence-electron chi connectivity index (χ0n) is 10.9. The lowest BCUT2D eigenvalue weighted by molar-refractivity contribution is -0.275. The number of para-hydroxylation sites is 1. The molecule has 5 nitrogen and oxygen atoms in total. The lowest BCUT2D eigenvalue weighted by Gasteiger charge is -2.15. The number of alkyl halides is 3. The predicted molar refractivity (Wildman–Crippen MR) is 66.1 cm³/mol. The van der Waals surface area contributed by atoms with Crippen LogP contribution in [-0.4, -0.2) is 36.6 Å². The summed E-state index contributed by atoms with van der Waals surface area (Å²) in [6.45, 7) is 0.801. The van der Waals surface area contributed by atoms with Crippen LogP contribution in [0.1, 0.15) is 23.2 Å². The summed E-state index contributed by atoms with van der Waals surface area (Å²) >= 11 is 0. The molecule has 1 aliphatic heterocycles. The minimum Gasteiger partial charge on any atom is -0.504 e. The van der Waals surface area contributed by atoms with Crippen LogP contribution in [0.3, 0.4) is 0 Å². The van der Waals surface area contributed by atoms with Crippen LogP contribution in [0, 0.1) is 0 Å². The molecule has 1 fully saturated rings. The summed E-state index contributed by atoms with van der Waals surface area (Å²) < 4.78 is 45.9. The molecule has 116 valence electrons. The Morgan fingerprint density at radius 3 is 2.86 bits per heavy atom. The Bertz CT molecular complexity index is 513. The Morgan fingerprint density at radius 2 is 2.24 bits per heavy atom. The summed E-state index contributed by atoms with van der Waals surface area (Å²) in [6, 6.07) is 3.42. The van der Waals surface area contributed by atoms with Crippen molar-refractivity contribution in [2.24, 2.45) is 0 Å². The lowest BCUT2D eigenvalue weighted by atomic mass is 10.1. The fraction of sp³-hybridized carbons (Fsp3) is 0.462. The fourth-order valence-corrected chi connectivity index (χ4v) is 2.03. The first-order valence-corrected chi connectivity index (χ1v) is 6.34. The van der Waals surface area contributed by atoms with Crippen LogP contribution in [0.15, 0.2) is 18.2 Å². The normalized spacial score (nSPS) is 18.5. The first-order chi connectivity index (χ1) is 9.87. The molecule has 1 unspecified atom stereocenters. The molecule has 0 saturated carbocycles. The van der Waals surface area contributed by atoms with Gasteiger partial charge in [-0.3, -0.25) is 4.79 Å². The summed E-state index contributed by atoms with van der Waals surface area (Å²) in [6.07, 6.45) is -3.47. The van der Waals surface area contributed by atoms with Crippen LogP contribution in [0.5, 0.6) is 11.5 Å². The highest BCUT2D eigenvalue weighted by atomic mass is 19.4. The van der Waals surface area contributed by atoms with Crippen molar-refractivity contribution >= 4 is 5.91 Å². The van der Waals surface area contributed by atoms with E-state index < -0.39 is 23.8 Å². The van der Waals surface area contributed by atoms with Gasteiger partial charge in [-0.2, -0.15) is 0 Å². The van der Waals surface area contributed by atoms with Crippen LogP contribution < -0.4 is 10.1 Å². The summed E-state index contributed by atoms with van der Waals surface area (Å²) in [5, 5.41) is 11.9. The van der Waals surface area contributed by atoms with Gasteiger partial charge in [-0.15, -0.1) is 13.2 Å². The zero-order valence-corrected chi connectivity index (χ0v) is 10.9. The number of phenolic OH excluding ortho intramolecular Hbond substituents is 1. The molecule has 0 aliphatic carbocycles. The summed E-state index contributed by atoms with van der Waals surface area (Å²) in [7, 11) is 0. The predicted octanol–water partition coefficient (Wildman–Crippen LogP) is 2.20. The van der Waals surface area contributed by atoms with Gasteiger partial charge in [0.05, 0.1) is 11.7 Å². The number of ether oxygens (including phenoxy) is 2. The summed E-state index contributed by atoms with van der Waals surface area (Å²) in [4.78, 5) is 11.9. The van der Waals surface area contributed by atoms with Gasteiger partial charge in [0, 0.05) is 13.2 Å². The van der Waals surface area contributed by atoms with Gasteiger partial charge in [-0.05, 0) is 25.0 Å². The SMILES string of the molecule is O=C(NCC1CCCO1)c1cccc(O)c1OC(F)(F)F. The van der Waals surface area contributed by atoms with E-state index in [-0.39, 0.29) is 18.2 Å². The molecule has 1 amide bonds. The van der Waals surface area contributed by atoms with E-state index in [1.165, 1.54) is 6.07 Å². The maximum atomic E-state index is 12.3. The molecule has 0 bridgehead atoms. The van der Waals surface area contributed by atoms with E-state index in [0.29, 0.717) is 6.61 Å². The molecule has 0 aromatic heterocycles. The van der Waals surface area contributed by atoms with Crippen molar-refractivity contribution in [3.05, 3.63) is 23.8 Å². The van der Waals surface area contributed by atoms with Crippen LogP contribution in [0.4, 0.5) is 13.2 Å². The maximum absolute atomic E-state index is 12.3. The van der Waals surface area contributed by atoms with Crippen LogP contribution >= 0.6 is 0 Å². The van der Waals surface area contributed by atoms with Gasteiger partial charge in [0.25, 0.3) is 5.91 Å². The van der Waals surface area contributed by atoms with Crippen molar-refractivity contribution in [1.29, 1.82) is 0 Å². The number of benzene rings is 1. The highest BCUT2D eigenvalue weighted by Crippen LogP contribution is 2.34. The number of aromatic hydroxyl groups is 1. The molecule has 2 rings (SSSR count). The highest BCUT2D eigenvalue weighted by Gasteiger charge is 2.34. The van der Waals surface area contributed by atoms with Crippen molar-refractivity contribution in [2.45, 2.75) is 25.3 Å². The minimum atomic E-state index is -5.00. The second-order valence-electron chi connectivity index (χ2n) is 4.55. The van der Waals surface area contributed by atoms with Gasteiger partial charge in [0.15, 0.2) is 11.5 Å². The monoisotopic (exact) mass is 305 g/mol. The molecule has 1 aromatic rings. The Morgan fingerprint density at radius 1 is 1.48 bits per heavy atom. The van der Waals surface area contributed by atoms with E-state index in [4.69, 9.17) is 4.74 Å². The van der Waals surface area contributed by atoms with Crippen LogP contribution in [0.25, 0.3) is 0 Å². The minimum absolute atomic E-state index is 0.141. The van der Waals surface area contributed by atoms with E-state index >= 15 is 0 Å². The third-order valence-corrected chi connectivity index (χ3v) is 2.97. The number of carbonyl (C=O) groups is 1. The quantitative estimate of drug-likeness (QED) is 0.895. The molecular weight excluding hydrogens is 291 g/mol. The van der Waals surface area contributed by atoms with Gasteiger partial charge in [-0.1, -0.05) is 6.07 Å². The van der Waals surface area contributed by atoms with Gasteiger partial charge < -0.3 is 19.9 Å². The second-order valence-corrected chi connectivity index (χ2v) is 4.55. The molecule has 2 N–H and O–H groups in total. The number of rotatable bonds is 4. The number of amides is 1. The standard InChI is InChI=1S/C13H14F3NO4/c14-13(15,16)21-11-9(4-1-5-10(11)18)12(19)17-7-8-3-2-6-20-8/h1,4-5,8,18H,2-3,6-7H2,(H,17,19). The first-order valence-electron chi connectivity index (χ1n) is 6.34. The number of nitrogens with one attached hydrogen (secondary N) is 1. The molecule has 1 heterocycles. The summed E-state index contributed by atoms with van der Waals surface area (Å²) in [5.74, 6) is -2.42. The first kappa shape index (κ1) is 15.4. The Balaban J connectivity index is 2.10. The van der Waals surface area contributed by atoms with Crippen molar-refractivity contribution in [3.8, 4) is 11.5 Å². The highest BCUT2D eigenvalue weighted by molar-refractivity contribution is 5.97. The third-order valence-electron chi connectivity index (χ3n) is 2.97. The number of carbonyl (C=O) groups excluding carboxylic acids is 1. The van der Waals surface area contributed by atoms with Gasteiger partial charge in [0.2, 0.25) is 0 Å². The van der Waals surface area contributed by atoms with E-state index in [1.807, 2.05) is 0 Å². The molecule has 8 heteroatoms. The molecule has 21 heavy (non-hydrogen) atoms. The Hall–Kier alpha value is -1.96. The molecule has 1 aliphatic rings. The van der Waals surface area contributed by atoms with Crippen LogP contribution in [-0.2, 0) is 4.74 Å². The average molecular weight is 305 g/mol. The van der Waals surface area contributed by atoms with Crippen LogP contribution in [0.2, 0.25) is 0 Å². The van der Waals surface area contributed by atoms with Crippen molar-refractivity contribution in [3.63, 3.8) is 0 Å². The third kappa shape index (κ3) is 4.25. The molecule has 1 atom stereocenters. The van der Waals surface area contributed by atoms with Gasteiger partial charge in [-0.25, -0.2) is 0 Å². The Kier molecular flexibility index (Phi) is 4.56. The average Bonchev–Trinajstić information content (AvgIpc) is 2.90. The lowest BCUT2D eigenvalue weighted by Crippen LogP contribution is -2.32. The molecule has 0 spiro atoms. The molecule has 0 radical (unpaired) electrons. The summed E-state index contributed by atoms with van der Waals surface area (Å²) in [5.41, 5.74) is -0.384. The molecule has 1 saturated heterocycles. The van der Waals surface area contributed by atoms with Gasteiger partial charge >= 0.3 is 6.36 Å². The second kappa shape index (κ2) is 6.21. The number of halogens is 3. The molecular formula is C13H14F3NO4. The van der Waals surface area contributed by atoms with Gasteiger partial charge in [0.1, 0.15) is 0 Å². The maximum Gasteiger partial charge on any atom is 0.573 e. The largest absolute Gasteiger partial charge is 0.573 e. The van der Waals surface area contributed by atoms with Crippen molar-refractivity contribution in [2.75, 3.05) is 13.2 Å². The Labute approximate surface area is 118 Å². The van der Waals surface area contributed by atoms with Crippen molar-refractivity contribution < 1.29 is 32.5 Å². The van der Waals surface area contributed by atoms with E-state index in [9.17, 15) is 23.1 Å². The topological polar surface area (TPSA) is 67.8 Å². The van der Waals surface area contributed by atoms with E-state index in [1.54, 1.807) is 0 Å². The molecule has 1 aromatic carbocycles. The smallest absolute Gasteiger partial charge is 0.504 e. The number of hydrogen-bond acceptors (Lipinski definition) is 4. The van der Waals surface area contributed by atoms with E-state index in [2.05, 4.69) is 10.1 Å². The number of phenols is 1. The van der Waals surface area contributed by atoms with E-state index in [0.717, 1.165) is 25.0 Å².